The van der Waals surface area contributed by atoms with Crippen LogP contribution in [0.4, 0.5) is 11.4 Å². The summed E-state index contributed by atoms with van der Waals surface area (Å²) < 4.78 is 0. The van der Waals surface area contributed by atoms with Crippen LogP contribution < -0.4 is 4.90 Å². The maximum atomic E-state index is 2.68. The molecule has 6 aliphatic carbocycles. The summed E-state index contributed by atoms with van der Waals surface area (Å²) in [6.07, 6.45) is 12.3. The van der Waals surface area contributed by atoms with Crippen LogP contribution in [-0.2, 0) is 10.8 Å². The Labute approximate surface area is 333 Å². The summed E-state index contributed by atoms with van der Waals surface area (Å²) >= 11 is 0. The number of fused-ring (bicyclic) bond motifs is 4. The minimum atomic E-state index is -0.0221. The van der Waals surface area contributed by atoms with Crippen LogP contribution >= 0.6 is 0 Å². The normalized spacial score (nSPS) is 29.8. The first-order valence-electron chi connectivity index (χ1n) is 21.8. The smallest absolute Gasteiger partial charge is 0.0416 e. The summed E-state index contributed by atoms with van der Waals surface area (Å²) in [4.78, 5) is 2.68. The topological polar surface area (TPSA) is 3.24 Å². The second-order valence-electron chi connectivity index (χ2n) is 19.4. The van der Waals surface area contributed by atoms with Gasteiger partial charge in [0, 0.05) is 28.2 Å². The van der Waals surface area contributed by atoms with Gasteiger partial charge in [-0.05, 0) is 167 Å². The number of benzene rings is 6. The molecule has 6 aliphatic rings. The number of nitrogens with zero attached hydrogens (tertiary/aromatic N) is 1. The predicted molar refractivity (Wildman–Crippen MR) is 233 cm³/mol. The molecule has 0 heterocycles. The highest BCUT2D eigenvalue weighted by Crippen LogP contribution is 2.86. The van der Waals surface area contributed by atoms with E-state index in [0.29, 0.717) is 22.8 Å². The Morgan fingerprint density at radius 2 is 1.11 bits per heavy atom. The molecule has 0 N–H and O–H groups in total. The number of hydrogen-bond donors (Lipinski definition) is 0. The molecule has 5 saturated carbocycles. The first-order chi connectivity index (χ1) is 27.4. The van der Waals surface area contributed by atoms with E-state index in [2.05, 4.69) is 164 Å². The van der Waals surface area contributed by atoms with E-state index in [0.717, 1.165) is 17.8 Å². The first-order valence-corrected chi connectivity index (χ1v) is 21.8. The molecule has 6 aromatic rings. The van der Waals surface area contributed by atoms with Crippen molar-refractivity contribution in [2.75, 3.05) is 4.90 Å². The predicted octanol–water partition coefficient (Wildman–Crippen LogP) is 14.3. The summed E-state index contributed by atoms with van der Waals surface area (Å²) in [5.74, 6) is 3.72. The van der Waals surface area contributed by atoms with Crippen molar-refractivity contribution in [1.29, 1.82) is 0 Å². The minimum absolute atomic E-state index is 0.0221. The van der Waals surface area contributed by atoms with Gasteiger partial charge in [0.25, 0.3) is 0 Å². The molecule has 0 aliphatic heterocycles. The SMILES string of the molecule is CC1(C)c2ccccc2-c2ccc(N(c3ccc(-c4ccc(-c5ccc(C67CC8CC9CC(C6)C97C8)cc5)cc4)cc3)C3CCC(c4ccccc4)CC3)cc21. The van der Waals surface area contributed by atoms with E-state index >= 15 is 0 Å². The zero-order valence-electron chi connectivity index (χ0n) is 33.1. The third kappa shape index (κ3) is 4.61. The molecule has 1 heteroatoms. The summed E-state index contributed by atoms with van der Waals surface area (Å²) in [5, 5.41) is 0. The van der Waals surface area contributed by atoms with Crippen molar-refractivity contribution in [2.45, 2.75) is 94.4 Å². The number of hydrogen-bond acceptors (Lipinski definition) is 1. The molecule has 0 radical (unpaired) electrons. The molecule has 5 fully saturated rings. The van der Waals surface area contributed by atoms with Gasteiger partial charge >= 0.3 is 0 Å². The molecule has 0 saturated heterocycles. The van der Waals surface area contributed by atoms with E-state index in [1.54, 1.807) is 5.56 Å². The van der Waals surface area contributed by atoms with Crippen LogP contribution in [0.5, 0.6) is 0 Å². The third-order valence-corrected chi connectivity index (χ3v) is 16.7. The van der Waals surface area contributed by atoms with Gasteiger partial charge < -0.3 is 4.90 Å². The molecule has 5 atom stereocenters. The largest absolute Gasteiger partial charge is 0.338 e. The number of rotatable bonds is 7. The van der Waals surface area contributed by atoms with Crippen molar-refractivity contribution in [1.82, 2.24) is 0 Å². The van der Waals surface area contributed by atoms with Gasteiger partial charge in [0.05, 0.1) is 0 Å². The summed E-state index contributed by atoms with van der Waals surface area (Å²) in [6, 6.07) is 56.6. The average Bonchev–Trinajstić information content (AvgIpc) is 3.83. The molecule has 0 amide bonds. The maximum absolute atomic E-state index is 2.68. The molecule has 12 rings (SSSR count). The van der Waals surface area contributed by atoms with Crippen LogP contribution in [0.25, 0.3) is 33.4 Å². The zero-order valence-corrected chi connectivity index (χ0v) is 33.1. The average molecular weight is 728 g/mol. The summed E-state index contributed by atoms with van der Waals surface area (Å²) in [6.45, 7) is 4.80. The second kappa shape index (κ2) is 12.1. The van der Waals surface area contributed by atoms with E-state index in [-0.39, 0.29) is 5.41 Å². The lowest BCUT2D eigenvalue weighted by Gasteiger charge is -2.73. The highest BCUT2D eigenvalue weighted by Gasteiger charge is 2.80. The first kappa shape index (κ1) is 33.3. The van der Waals surface area contributed by atoms with Crippen LogP contribution in [0.15, 0.2) is 146 Å². The molecule has 2 bridgehead atoms. The van der Waals surface area contributed by atoms with Crippen LogP contribution in [0, 0.1) is 23.2 Å². The fraction of sp³-hybridized carbons (Fsp3) is 0.345. The van der Waals surface area contributed by atoms with Crippen molar-refractivity contribution in [3.05, 3.63) is 168 Å². The molecule has 5 unspecified atom stereocenters. The highest BCUT2D eigenvalue weighted by atomic mass is 15.2. The Kier molecular flexibility index (Phi) is 7.17. The lowest BCUT2D eigenvalue weighted by atomic mass is 9.31. The lowest BCUT2D eigenvalue weighted by Crippen LogP contribution is -2.68. The zero-order chi connectivity index (χ0) is 37.2. The number of anilines is 2. The van der Waals surface area contributed by atoms with E-state index in [1.807, 2.05) is 0 Å². The molecule has 1 spiro atoms. The third-order valence-electron chi connectivity index (χ3n) is 16.7. The second-order valence-corrected chi connectivity index (χ2v) is 19.4. The lowest BCUT2D eigenvalue weighted by molar-refractivity contribution is -0.198. The van der Waals surface area contributed by atoms with Gasteiger partial charge in [0.2, 0.25) is 0 Å². The molecule has 0 aromatic heterocycles. The quantitative estimate of drug-likeness (QED) is 0.158. The highest BCUT2D eigenvalue weighted by molar-refractivity contribution is 5.83. The van der Waals surface area contributed by atoms with Crippen LogP contribution in [0.3, 0.4) is 0 Å². The molecule has 278 valence electrons. The van der Waals surface area contributed by atoms with Crippen LogP contribution in [0.2, 0.25) is 0 Å². The van der Waals surface area contributed by atoms with Gasteiger partial charge in [-0.1, -0.05) is 135 Å². The van der Waals surface area contributed by atoms with E-state index in [4.69, 9.17) is 0 Å². The Balaban J connectivity index is 0.817. The minimum Gasteiger partial charge on any atom is -0.338 e. The monoisotopic (exact) mass is 727 g/mol. The van der Waals surface area contributed by atoms with E-state index in [9.17, 15) is 0 Å². The molecule has 6 aromatic carbocycles. The Bertz CT molecular complexity index is 2450. The van der Waals surface area contributed by atoms with Crippen molar-refractivity contribution < 1.29 is 0 Å². The standard InChI is InChI=1S/C55H53N/c1-53(2)51-11-7-6-10-49(51)50-29-28-48(32-52(50)53)56(46-24-18-41(19-25-46)37-8-4-3-5-9-37)47-26-20-42(21-27-47)39-14-12-38(13-15-39)40-16-22-43(23-17-40)54-33-36-30-44-31-45(35-54)55(44,54)34-36/h3-17,20-23,26-29,32,36,41,44-46H,18-19,24-25,30-31,33-35H2,1-2H3. The van der Waals surface area contributed by atoms with Crippen molar-refractivity contribution in [3.63, 3.8) is 0 Å². The van der Waals surface area contributed by atoms with Crippen LogP contribution in [-0.4, -0.2) is 6.04 Å². The summed E-state index contributed by atoms with van der Waals surface area (Å²) in [5.41, 5.74) is 17.8. The maximum Gasteiger partial charge on any atom is 0.0416 e. The Morgan fingerprint density at radius 3 is 1.79 bits per heavy atom. The van der Waals surface area contributed by atoms with Gasteiger partial charge in [-0.2, -0.15) is 0 Å². The van der Waals surface area contributed by atoms with Gasteiger partial charge in [-0.15, -0.1) is 0 Å². The molecular formula is C55H53N. The summed E-state index contributed by atoms with van der Waals surface area (Å²) in [7, 11) is 0. The van der Waals surface area contributed by atoms with Gasteiger partial charge in [0.1, 0.15) is 0 Å². The Morgan fingerprint density at radius 1 is 0.500 bits per heavy atom. The fourth-order valence-corrected chi connectivity index (χ4v) is 14.1. The van der Waals surface area contributed by atoms with Crippen molar-refractivity contribution in [3.8, 4) is 33.4 Å². The van der Waals surface area contributed by atoms with Gasteiger partial charge in [-0.3, -0.25) is 0 Å². The molecule has 1 nitrogen and oxygen atoms in total. The van der Waals surface area contributed by atoms with Gasteiger partial charge in [0.15, 0.2) is 0 Å². The molecule has 56 heavy (non-hydrogen) atoms. The van der Waals surface area contributed by atoms with E-state index < -0.39 is 0 Å². The fourth-order valence-electron chi connectivity index (χ4n) is 14.1. The van der Waals surface area contributed by atoms with Gasteiger partial charge in [-0.25, -0.2) is 0 Å². The van der Waals surface area contributed by atoms with Crippen molar-refractivity contribution >= 4 is 11.4 Å². The Hall–Kier alpha value is -4.88. The van der Waals surface area contributed by atoms with Crippen LogP contribution in [0.1, 0.15) is 99.8 Å². The molecular weight excluding hydrogens is 675 g/mol. The van der Waals surface area contributed by atoms with E-state index in [1.165, 1.54) is 119 Å². The van der Waals surface area contributed by atoms with Crippen molar-refractivity contribution in [2.24, 2.45) is 23.2 Å².